The zero-order valence-electron chi connectivity index (χ0n) is 14.8. The summed E-state index contributed by atoms with van der Waals surface area (Å²) in [7, 11) is -4.06. The van der Waals surface area contributed by atoms with Crippen LogP contribution in [0.3, 0.4) is 0 Å². The quantitative estimate of drug-likeness (QED) is 0.853. The van der Waals surface area contributed by atoms with Gasteiger partial charge in [0.25, 0.3) is 10.0 Å². The van der Waals surface area contributed by atoms with Gasteiger partial charge in [-0.15, -0.1) is 0 Å². The van der Waals surface area contributed by atoms with Gasteiger partial charge in [-0.25, -0.2) is 8.42 Å². The summed E-state index contributed by atoms with van der Waals surface area (Å²) >= 11 is 0. The molecule has 1 N–H and O–H groups in total. The van der Waals surface area contributed by atoms with Crippen LogP contribution in [-0.2, 0) is 19.3 Å². The van der Waals surface area contributed by atoms with Gasteiger partial charge in [-0.05, 0) is 57.4 Å². The molecule has 0 unspecified atom stereocenters. The van der Waals surface area contributed by atoms with E-state index in [0.29, 0.717) is 5.69 Å². The molecule has 25 heavy (non-hydrogen) atoms. The molecule has 132 valence electrons. The molecule has 1 aliphatic rings. The Bertz CT molecular complexity index is 832. The Morgan fingerprint density at radius 3 is 1.88 bits per heavy atom. The summed E-state index contributed by atoms with van der Waals surface area (Å²) < 4.78 is 39.3. The molecular formula is C18H22BNO4S. The number of nitrogens with one attached hydrogen (secondary N) is 1. The van der Waals surface area contributed by atoms with E-state index in [1.165, 1.54) is 0 Å². The van der Waals surface area contributed by atoms with Crippen molar-refractivity contribution >= 4 is 28.3 Å². The summed E-state index contributed by atoms with van der Waals surface area (Å²) in [6.45, 7) is 7.98. The zero-order valence-corrected chi connectivity index (χ0v) is 15.6. The van der Waals surface area contributed by atoms with Crippen LogP contribution in [0.5, 0.6) is 0 Å². The summed E-state index contributed by atoms with van der Waals surface area (Å²) in [5.74, 6) is 0. The van der Waals surface area contributed by atoms with E-state index in [-0.39, 0.29) is 4.90 Å². The third-order valence-electron chi connectivity index (χ3n) is 4.74. The Morgan fingerprint density at radius 1 is 0.840 bits per heavy atom. The lowest BCUT2D eigenvalue weighted by atomic mass is 9.79. The van der Waals surface area contributed by atoms with Gasteiger partial charge >= 0.3 is 7.12 Å². The third-order valence-corrected chi connectivity index (χ3v) is 6.14. The minimum absolute atomic E-state index is 0.227. The summed E-state index contributed by atoms with van der Waals surface area (Å²) in [4.78, 5) is 0.227. The SMILES string of the molecule is CC1(C)OB(c2ccc(NS(=O)(=O)c3ccccc3)cc2)OC1(C)C. The first-order valence-electron chi connectivity index (χ1n) is 8.14. The van der Waals surface area contributed by atoms with Crippen LogP contribution in [0.15, 0.2) is 59.5 Å². The monoisotopic (exact) mass is 359 g/mol. The third kappa shape index (κ3) is 3.59. The predicted octanol–water partition coefficient (Wildman–Crippen LogP) is 2.79. The molecule has 7 heteroatoms. The molecule has 0 atom stereocenters. The van der Waals surface area contributed by atoms with Crippen molar-refractivity contribution < 1.29 is 17.7 Å². The average molecular weight is 359 g/mol. The fraction of sp³-hybridized carbons (Fsp3) is 0.333. The molecule has 1 fully saturated rings. The number of hydrogen-bond acceptors (Lipinski definition) is 4. The molecule has 2 aromatic rings. The summed E-state index contributed by atoms with van der Waals surface area (Å²) in [6, 6.07) is 15.3. The van der Waals surface area contributed by atoms with Gasteiger partial charge < -0.3 is 9.31 Å². The Kier molecular flexibility index (Phi) is 4.43. The van der Waals surface area contributed by atoms with E-state index in [4.69, 9.17) is 9.31 Å². The number of rotatable bonds is 4. The minimum Gasteiger partial charge on any atom is -0.399 e. The maximum Gasteiger partial charge on any atom is 0.494 e. The molecule has 0 aliphatic carbocycles. The van der Waals surface area contributed by atoms with Crippen molar-refractivity contribution in [1.29, 1.82) is 0 Å². The van der Waals surface area contributed by atoms with E-state index in [1.54, 1.807) is 42.5 Å². The highest BCUT2D eigenvalue weighted by Crippen LogP contribution is 2.36. The van der Waals surface area contributed by atoms with Crippen molar-refractivity contribution in [1.82, 2.24) is 0 Å². The number of benzene rings is 2. The topological polar surface area (TPSA) is 64.6 Å². The second kappa shape index (κ2) is 6.16. The van der Waals surface area contributed by atoms with E-state index in [0.717, 1.165) is 5.46 Å². The normalized spacial score (nSPS) is 19.0. The predicted molar refractivity (Wildman–Crippen MR) is 99.4 cm³/mol. The van der Waals surface area contributed by atoms with Gasteiger partial charge in [0.05, 0.1) is 16.1 Å². The van der Waals surface area contributed by atoms with Gasteiger partial charge in [-0.1, -0.05) is 30.3 Å². The molecule has 0 bridgehead atoms. The van der Waals surface area contributed by atoms with Crippen molar-refractivity contribution in [3.8, 4) is 0 Å². The molecule has 1 heterocycles. The highest BCUT2D eigenvalue weighted by atomic mass is 32.2. The van der Waals surface area contributed by atoms with Crippen LogP contribution in [-0.4, -0.2) is 26.7 Å². The molecule has 1 aliphatic heterocycles. The summed E-state index contributed by atoms with van der Waals surface area (Å²) in [5, 5.41) is 0. The minimum atomic E-state index is -3.59. The van der Waals surface area contributed by atoms with Crippen LogP contribution >= 0.6 is 0 Å². The molecule has 0 aromatic heterocycles. The zero-order chi connectivity index (χ0) is 18.3. The van der Waals surface area contributed by atoms with Crippen LogP contribution in [0.25, 0.3) is 0 Å². The van der Waals surface area contributed by atoms with Crippen molar-refractivity contribution in [2.24, 2.45) is 0 Å². The van der Waals surface area contributed by atoms with Gasteiger partial charge in [0.2, 0.25) is 0 Å². The van der Waals surface area contributed by atoms with Crippen LogP contribution in [0.4, 0.5) is 5.69 Å². The van der Waals surface area contributed by atoms with E-state index in [1.807, 2.05) is 39.8 Å². The van der Waals surface area contributed by atoms with Crippen molar-refractivity contribution in [2.75, 3.05) is 4.72 Å². The van der Waals surface area contributed by atoms with Crippen molar-refractivity contribution in [3.63, 3.8) is 0 Å². The molecule has 5 nitrogen and oxygen atoms in total. The van der Waals surface area contributed by atoms with Gasteiger partial charge in [-0.3, -0.25) is 4.72 Å². The van der Waals surface area contributed by atoms with Gasteiger partial charge in [0.15, 0.2) is 0 Å². The lowest BCUT2D eigenvalue weighted by Gasteiger charge is -2.32. The van der Waals surface area contributed by atoms with E-state index in [2.05, 4.69) is 4.72 Å². The second-order valence-electron chi connectivity index (χ2n) is 7.13. The molecule has 0 amide bonds. The van der Waals surface area contributed by atoms with E-state index >= 15 is 0 Å². The second-order valence-corrected chi connectivity index (χ2v) is 8.81. The molecule has 2 aromatic carbocycles. The van der Waals surface area contributed by atoms with Crippen molar-refractivity contribution in [3.05, 3.63) is 54.6 Å². The lowest BCUT2D eigenvalue weighted by Crippen LogP contribution is -2.41. The molecule has 0 spiro atoms. The van der Waals surface area contributed by atoms with Crippen LogP contribution < -0.4 is 10.2 Å². The average Bonchev–Trinajstić information content (AvgIpc) is 2.77. The summed E-state index contributed by atoms with van der Waals surface area (Å²) in [5.41, 5.74) is 0.515. The van der Waals surface area contributed by atoms with Crippen molar-refractivity contribution in [2.45, 2.75) is 43.8 Å². The molecule has 0 saturated carbocycles. The van der Waals surface area contributed by atoms with Gasteiger partial charge in [0.1, 0.15) is 0 Å². The first kappa shape index (κ1) is 18.0. The Labute approximate surface area is 149 Å². The highest BCUT2D eigenvalue weighted by Gasteiger charge is 2.51. The van der Waals surface area contributed by atoms with Gasteiger partial charge in [-0.2, -0.15) is 0 Å². The standard InChI is InChI=1S/C18H22BNO4S/c1-17(2)18(3,4)24-19(23-17)14-10-12-15(13-11-14)20-25(21,22)16-8-6-5-7-9-16/h5-13,20H,1-4H3. The smallest absolute Gasteiger partial charge is 0.399 e. The van der Waals surface area contributed by atoms with Crippen LogP contribution in [0.1, 0.15) is 27.7 Å². The lowest BCUT2D eigenvalue weighted by molar-refractivity contribution is 0.00578. The molecule has 1 saturated heterocycles. The summed E-state index contributed by atoms with van der Waals surface area (Å²) in [6.07, 6.45) is 0. The van der Waals surface area contributed by atoms with E-state index in [9.17, 15) is 8.42 Å². The maximum atomic E-state index is 12.4. The fourth-order valence-corrected chi connectivity index (χ4v) is 3.58. The highest BCUT2D eigenvalue weighted by molar-refractivity contribution is 7.92. The first-order valence-corrected chi connectivity index (χ1v) is 9.63. The van der Waals surface area contributed by atoms with E-state index < -0.39 is 28.3 Å². The van der Waals surface area contributed by atoms with Crippen LogP contribution in [0, 0.1) is 0 Å². The molecule has 0 radical (unpaired) electrons. The Morgan fingerprint density at radius 2 is 1.36 bits per heavy atom. The molecular weight excluding hydrogens is 337 g/mol. The Balaban J connectivity index is 1.76. The number of sulfonamides is 1. The fourth-order valence-electron chi connectivity index (χ4n) is 2.50. The number of hydrogen-bond donors (Lipinski definition) is 1. The molecule has 3 rings (SSSR count). The van der Waals surface area contributed by atoms with Crippen LogP contribution in [0.2, 0.25) is 0 Å². The largest absolute Gasteiger partial charge is 0.494 e. The first-order chi connectivity index (χ1) is 11.6. The number of anilines is 1. The Hall–Kier alpha value is -1.83. The van der Waals surface area contributed by atoms with Gasteiger partial charge in [0, 0.05) is 5.69 Å². The maximum absolute atomic E-state index is 12.4.